The highest BCUT2D eigenvalue weighted by Gasteiger charge is 2.39. The van der Waals surface area contributed by atoms with Crippen LogP contribution in [0.15, 0.2) is 66.7 Å². The van der Waals surface area contributed by atoms with E-state index in [-0.39, 0.29) is 28.0 Å². The van der Waals surface area contributed by atoms with E-state index in [1.54, 1.807) is 44.2 Å². The molecule has 1 amide bonds. The maximum Gasteiger partial charge on any atom is 0.389 e. The van der Waals surface area contributed by atoms with E-state index in [0.29, 0.717) is 11.6 Å². The third kappa shape index (κ3) is 8.43. The predicted octanol–water partition coefficient (Wildman–Crippen LogP) is 7.79. The second kappa shape index (κ2) is 12.9. The molecule has 0 heterocycles. The van der Waals surface area contributed by atoms with Crippen molar-refractivity contribution in [1.82, 2.24) is 5.32 Å². The largest absolute Gasteiger partial charge is 0.488 e. The molecule has 1 atom stereocenters. The molecule has 3 aromatic rings. The van der Waals surface area contributed by atoms with Crippen LogP contribution in [-0.4, -0.2) is 18.2 Å². The van der Waals surface area contributed by atoms with Gasteiger partial charge in [0.2, 0.25) is 5.91 Å². The molecule has 0 aliphatic rings. The zero-order valence-electron chi connectivity index (χ0n) is 21.0. The van der Waals surface area contributed by atoms with Crippen molar-refractivity contribution in [2.75, 3.05) is 0 Å². The number of ether oxygens (including phenoxy) is 1. The first-order valence-corrected chi connectivity index (χ1v) is 11.8. The van der Waals surface area contributed by atoms with E-state index >= 15 is 0 Å². The molecule has 3 aromatic carbocycles. The van der Waals surface area contributed by atoms with Crippen molar-refractivity contribution >= 4 is 5.91 Å². The fraction of sp³-hybridized carbons (Fsp3) is 0.321. The number of hydrogen-bond acceptors (Lipinski definition) is 2. The van der Waals surface area contributed by atoms with Crippen molar-refractivity contribution in [3.05, 3.63) is 101 Å². The second-order valence-electron chi connectivity index (χ2n) is 9.12. The van der Waals surface area contributed by atoms with Crippen LogP contribution in [0.25, 0.3) is 0 Å². The first-order chi connectivity index (χ1) is 17.8. The molecule has 0 radical (unpaired) electrons. The number of amides is 1. The van der Waals surface area contributed by atoms with Crippen LogP contribution in [0.4, 0.5) is 35.4 Å². The lowest BCUT2D eigenvalue weighted by Crippen LogP contribution is -2.49. The molecule has 3 rings (SSSR count). The highest BCUT2D eigenvalue weighted by Crippen LogP contribution is 2.38. The van der Waals surface area contributed by atoms with E-state index in [0.717, 1.165) is 18.2 Å². The molecule has 0 bridgehead atoms. The molecule has 0 spiro atoms. The highest BCUT2D eigenvalue weighted by atomic mass is 19.4. The van der Waals surface area contributed by atoms with Crippen LogP contribution in [-0.2, 0) is 16.8 Å². The molecule has 0 fully saturated rings. The fourth-order valence-corrected chi connectivity index (χ4v) is 4.11. The minimum atomic E-state index is -4.63. The summed E-state index contributed by atoms with van der Waals surface area (Å²) in [7, 11) is 0. The average molecular weight is 562 g/mol. The lowest BCUT2D eigenvalue weighted by molar-refractivity contribution is -0.144. The van der Waals surface area contributed by atoms with Gasteiger partial charge in [0.25, 0.3) is 6.43 Å². The van der Waals surface area contributed by atoms with Gasteiger partial charge < -0.3 is 10.1 Å². The zero-order valence-corrected chi connectivity index (χ0v) is 21.0. The van der Waals surface area contributed by atoms with Crippen LogP contribution in [0.3, 0.4) is 0 Å². The van der Waals surface area contributed by atoms with E-state index in [2.05, 4.69) is 5.32 Å². The predicted molar refractivity (Wildman–Crippen MR) is 130 cm³/mol. The molecule has 0 aromatic heterocycles. The Hall–Kier alpha value is -3.63. The Morgan fingerprint density at radius 1 is 0.923 bits per heavy atom. The molecule has 11 heteroatoms. The summed E-state index contributed by atoms with van der Waals surface area (Å²) in [6, 6.07) is 14.4. The molecule has 39 heavy (non-hydrogen) atoms. The van der Waals surface area contributed by atoms with E-state index in [1.807, 2.05) is 0 Å². The van der Waals surface area contributed by atoms with Gasteiger partial charge in [-0.2, -0.15) is 13.2 Å². The summed E-state index contributed by atoms with van der Waals surface area (Å²) in [5.41, 5.74) is -2.06. The number of alkyl halides is 5. The highest BCUT2D eigenvalue weighted by molar-refractivity contribution is 5.78. The number of halogens is 8. The summed E-state index contributed by atoms with van der Waals surface area (Å²) in [5.74, 6) is -3.09. The molecule has 0 aliphatic heterocycles. The molecule has 1 N–H and O–H groups in total. The fourth-order valence-electron chi connectivity index (χ4n) is 4.11. The third-order valence-electron chi connectivity index (χ3n) is 5.75. The average Bonchev–Trinajstić information content (AvgIpc) is 2.83. The number of rotatable bonds is 10. The van der Waals surface area contributed by atoms with Gasteiger partial charge in [-0.15, -0.1) is 0 Å². The Kier molecular flexibility index (Phi) is 10.5. The van der Waals surface area contributed by atoms with Crippen molar-refractivity contribution in [2.45, 2.75) is 57.4 Å². The maximum absolute atomic E-state index is 14.7. The van der Waals surface area contributed by atoms with Crippen molar-refractivity contribution in [3.8, 4) is 5.75 Å². The van der Waals surface area contributed by atoms with Gasteiger partial charge in [0.05, 0.1) is 18.1 Å². The van der Waals surface area contributed by atoms with Crippen LogP contribution in [0.1, 0.15) is 55.4 Å². The number of hydrogen-bond donors (Lipinski definition) is 1. The van der Waals surface area contributed by atoms with E-state index in [1.165, 1.54) is 12.1 Å². The smallest absolute Gasteiger partial charge is 0.389 e. The minimum absolute atomic E-state index is 0. The van der Waals surface area contributed by atoms with Gasteiger partial charge in [-0.3, -0.25) is 9.50 Å². The lowest BCUT2D eigenvalue weighted by atomic mass is 9.77. The summed E-state index contributed by atoms with van der Waals surface area (Å²) < 4.78 is 101. The summed E-state index contributed by atoms with van der Waals surface area (Å²) in [4.78, 5) is 12.9. The van der Waals surface area contributed by atoms with Crippen LogP contribution >= 0.6 is 0 Å². The first-order valence-electron chi connectivity index (χ1n) is 11.8. The Labute approximate surface area is 220 Å². The second-order valence-corrected chi connectivity index (χ2v) is 9.12. The standard InChI is InChI=1S/C28H26F7NO2.FH/c1-17(2)38-24-15-20(8-9-23(24)30)27(16-18-6-4-3-5-7-18,36-25(37)10-11-28(33,34)35)21-12-19(26(31)32)13-22(29)14-21;/h3-9,12-15,17,26H,10-11,16H2,1-2H3,(H,36,37);1H/t27-;/m1./s1. The van der Waals surface area contributed by atoms with Crippen LogP contribution in [0, 0.1) is 11.6 Å². The molecule has 0 aliphatic carbocycles. The van der Waals surface area contributed by atoms with E-state index in [4.69, 9.17) is 4.74 Å². The summed E-state index contributed by atoms with van der Waals surface area (Å²) in [6.45, 7) is 3.29. The summed E-state index contributed by atoms with van der Waals surface area (Å²) in [5, 5.41) is 2.55. The summed E-state index contributed by atoms with van der Waals surface area (Å²) in [6.07, 6.45) is -10.7. The molecule has 212 valence electrons. The van der Waals surface area contributed by atoms with Gasteiger partial charge in [-0.05, 0) is 60.9 Å². The Morgan fingerprint density at radius 2 is 1.59 bits per heavy atom. The molecular formula is C28H27F8NO2. The van der Waals surface area contributed by atoms with Gasteiger partial charge in [0.1, 0.15) is 5.82 Å². The molecular weight excluding hydrogens is 534 g/mol. The molecule has 3 nitrogen and oxygen atoms in total. The van der Waals surface area contributed by atoms with Gasteiger partial charge in [-0.1, -0.05) is 36.4 Å². The van der Waals surface area contributed by atoms with Gasteiger partial charge >= 0.3 is 6.18 Å². The molecule has 0 saturated carbocycles. The van der Waals surface area contributed by atoms with Crippen molar-refractivity contribution in [1.29, 1.82) is 0 Å². The quantitative estimate of drug-likeness (QED) is 0.257. The van der Waals surface area contributed by atoms with Crippen molar-refractivity contribution in [3.63, 3.8) is 0 Å². The number of nitrogens with one attached hydrogen (secondary N) is 1. The lowest BCUT2D eigenvalue weighted by Gasteiger charge is -2.37. The number of benzene rings is 3. The molecule has 0 saturated heterocycles. The van der Waals surface area contributed by atoms with E-state index in [9.17, 15) is 35.5 Å². The Bertz CT molecular complexity index is 1250. The Morgan fingerprint density at radius 3 is 2.18 bits per heavy atom. The maximum atomic E-state index is 14.7. The monoisotopic (exact) mass is 561 g/mol. The normalized spacial score (nSPS) is 13.1. The first kappa shape index (κ1) is 31.6. The van der Waals surface area contributed by atoms with Crippen molar-refractivity contribution in [2.24, 2.45) is 0 Å². The zero-order chi connectivity index (χ0) is 28.1. The summed E-state index contributed by atoms with van der Waals surface area (Å²) >= 11 is 0. The van der Waals surface area contributed by atoms with Gasteiger partial charge in [0.15, 0.2) is 11.6 Å². The third-order valence-corrected chi connectivity index (χ3v) is 5.75. The number of carbonyl (C=O) groups excluding carboxylic acids is 1. The van der Waals surface area contributed by atoms with Crippen LogP contribution in [0.5, 0.6) is 5.75 Å². The Balaban J connectivity index is 0.00000533. The van der Waals surface area contributed by atoms with Crippen LogP contribution in [0.2, 0.25) is 0 Å². The number of carbonyl (C=O) groups is 1. The molecule has 0 unspecified atom stereocenters. The van der Waals surface area contributed by atoms with Crippen LogP contribution < -0.4 is 10.1 Å². The van der Waals surface area contributed by atoms with Gasteiger partial charge in [-0.25, -0.2) is 17.6 Å². The van der Waals surface area contributed by atoms with Crippen molar-refractivity contribution < 1.29 is 45.0 Å². The van der Waals surface area contributed by atoms with E-state index < -0.39 is 60.2 Å². The topological polar surface area (TPSA) is 38.3 Å². The minimum Gasteiger partial charge on any atom is -0.488 e. The SMILES string of the molecule is CC(C)Oc1cc([C@@](Cc2ccccc2)(NC(=O)CCC(F)(F)F)c2cc(F)cc(C(F)F)c2)ccc1F.F. The van der Waals surface area contributed by atoms with Gasteiger partial charge in [0, 0.05) is 18.4 Å².